The summed E-state index contributed by atoms with van der Waals surface area (Å²) in [6, 6.07) is 6.20. The van der Waals surface area contributed by atoms with E-state index in [0.717, 1.165) is 22.9 Å². The van der Waals surface area contributed by atoms with Gasteiger partial charge in [0.25, 0.3) is 0 Å². The predicted octanol–water partition coefficient (Wildman–Crippen LogP) is 2.65. The molecule has 1 aliphatic carbocycles. The number of benzene rings is 1. The van der Waals surface area contributed by atoms with Crippen LogP contribution < -0.4 is 16.0 Å². The van der Waals surface area contributed by atoms with E-state index in [4.69, 9.17) is 5.73 Å². The van der Waals surface area contributed by atoms with Gasteiger partial charge >= 0.3 is 0 Å². The van der Waals surface area contributed by atoms with Crippen molar-refractivity contribution < 1.29 is 4.79 Å². The van der Waals surface area contributed by atoms with Crippen molar-refractivity contribution >= 4 is 17.3 Å². The molecule has 0 spiro atoms. The van der Waals surface area contributed by atoms with E-state index in [1.54, 1.807) is 0 Å². The Hall–Kier alpha value is -1.55. The van der Waals surface area contributed by atoms with Crippen LogP contribution in [-0.4, -0.2) is 19.0 Å². The number of anilines is 2. The molecule has 0 bridgehead atoms. The molecule has 0 radical (unpaired) electrons. The highest BCUT2D eigenvalue weighted by atomic mass is 16.2. The number of nitrogens with two attached hydrogens (primary N) is 1. The molecule has 3 N–H and O–H groups in total. The molecule has 1 amide bonds. The smallest absolute Gasteiger partial charge is 0.245 e. The summed E-state index contributed by atoms with van der Waals surface area (Å²) < 4.78 is 0. The Morgan fingerprint density at radius 2 is 2.05 bits per heavy atom. The average Bonchev–Trinajstić information content (AvgIpc) is 2.73. The number of nitrogens with one attached hydrogen (secondary N) is 1. The van der Waals surface area contributed by atoms with Crippen LogP contribution in [0.25, 0.3) is 0 Å². The first-order valence-electron chi connectivity index (χ1n) is 7.51. The third-order valence-electron chi connectivity index (χ3n) is 4.88. The molecule has 1 fully saturated rings. The van der Waals surface area contributed by atoms with Gasteiger partial charge in [0, 0.05) is 30.0 Å². The fourth-order valence-electron chi connectivity index (χ4n) is 3.56. The Morgan fingerprint density at radius 1 is 1.30 bits per heavy atom. The molecule has 2 aliphatic rings. The maximum atomic E-state index is 11.6. The molecule has 1 aliphatic heterocycles. The molecule has 1 heterocycles. The first-order chi connectivity index (χ1) is 9.58. The van der Waals surface area contributed by atoms with E-state index in [0.29, 0.717) is 6.04 Å². The van der Waals surface area contributed by atoms with Gasteiger partial charge in [-0.3, -0.25) is 4.79 Å². The SMILES string of the molecule is CC1CCCCC1N(C)c1ccc2c(c1)NC(=O)C2N. The number of hydrogen-bond donors (Lipinski definition) is 2. The summed E-state index contributed by atoms with van der Waals surface area (Å²) in [7, 11) is 2.16. The van der Waals surface area contributed by atoms with Gasteiger partial charge in [-0.25, -0.2) is 0 Å². The van der Waals surface area contributed by atoms with E-state index < -0.39 is 6.04 Å². The minimum absolute atomic E-state index is 0.106. The van der Waals surface area contributed by atoms with Crippen molar-refractivity contribution in [2.24, 2.45) is 11.7 Å². The second-order valence-corrected chi connectivity index (χ2v) is 6.18. The Balaban J connectivity index is 1.84. The van der Waals surface area contributed by atoms with E-state index in [-0.39, 0.29) is 5.91 Å². The number of nitrogens with zero attached hydrogens (tertiary/aromatic N) is 1. The van der Waals surface area contributed by atoms with Crippen LogP contribution in [0.15, 0.2) is 18.2 Å². The summed E-state index contributed by atoms with van der Waals surface area (Å²) in [6.07, 6.45) is 5.22. The zero-order valence-corrected chi connectivity index (χ0v) is 12.2. The summed E-state index contributed by atoms with van der Waals surface area (Å²) in [5.74, 6) is 0.615. The van der Waals surface area contributed by atoms with Gasteiger partial charge in [0.1, 0.15) is 6.04 Å². The van der Waals surface area contributed by atoms with Gasteiger partial charge in [0.2, 0.25) is 5.91 Å². The second-order valence-electron chi connectivity index (χ2n) is 6.18. The Morgan fingerprint density at radius 3 is 2.80 bits per heavy atom. The lowest BCUT2D eigenvalue weighted by atomic mass is 9.85. The normalized spacial score (nSPS) is 28.9. The van der Waals surface area contributed by atoms with Gasteiger partial charge in [-0.2, -0.15) is 0 Å². The maximum absolute atomic E-state index is 11.6. The van der Waals surface area contributed by atoms with Gasteiger partial charge in [0.15, 0.2) is 0 Å². The highest BCUT2D eigenvalue weighted by Crippen LogP contribution is 2.35. The molecule has 1 aromatic carbocycles. The third-order valence-corrected chi connectivity index (χ3v) is 4.88. The maximum Gasteiger partial charge on any atom is 0.245 e. The fourth-order valence-corrected chi connectivity index (χ4v) is 3.56. The Labute approximate surface area is 120 Å². The van der Waals surface area contributed by atoms with E-state index in [1.807, 2.05) is 6.07 Å². The summed E-state index contributed by atoms with van der Waals surface area (Å²) in [5, 5.41) is 2.87. The van der Waals surface area contributed by atoms with Gasteiger partial charge in [-0.05, 0) is 30.9 Å². The van der Waals surface area contributed by atoms with Crippen LogP contribution in [-0.2, 0) is 4.79 Å². The van der Waals surface area contributed by atoms with Crippen LogP contribution in [0.2, 0.25) is 0 Å². The third kappa shape index (κ3) is 2.18. The molecule has 108 valence electrons. The summed E-state index contributed by atoms with van der Waals surface area (Å²) in [6.45, 7) is 2.34. The summed E-state index contributed by atoms with van der Waals surface area (Å²) in [4.78, 5) is 14.0. The minimum atomic E-state index is -0.516. The van der Waals surface area contributed by atoms with Gasteiger partial charge in [-0.1, -0.05) is 25.8 Å². The van der Waals surface area contributed by atoms with E-state index in [9.17, 15) is 4.79 Å². The monoisotopic (exact) mass is 273 g/mol. The van der Waals surface area contributed by atoms with Crippen LogP contribution in [0.3, 0.4) is 0 Å². The fraction of sp³-hybridized carbons (Fsp3) is 0.562. The molecule has 1 saturated carbocycles. The standard InChI is InChI=1S/C16H23N3O/c1-10-5-3-4-6-14(10)19(2)11-7-8-12-13(9-11)18-16(20)15(12)17/h7-10,14-15H,3-6,17H2,1-2H3,(H,18,20). The van der Waals surface area contributed by atoms with Gasteiger partial charge < -0.3 is 16.0 Å². The van der Waals surface area contributed by atoms with Crippen molar-refractivity contribution in [1.82, 2.24) is 0 Å². The number of amides is 1. The van der Waals surface area contributed by atoms with E-state index in [2.05, 4.69) is 36.3 Å². The van der Waals surface area contributed by atoms with Crippen molar-refractivity contribution in [3.63, 3.8) is 0 Å². The zero-order valence-electron chi connectivity index (χ0n) is 12.2. The number of fused-ring (bicyclic) bond motifs is 1. The quantitative estimate of drug-likeness (QED) is 0.871. The lowest BCUT2D eigenvalue weighted by Gasteiger charge is -2.37. The van der Waals surface area contributed by atoms with Gasteiger partial charge in [0.05, 0.1) is 0 Å². The van der Waals surface area contributed by atoms with Crippen LogP contribution in [0.5, 0.6) is 0 Å². The molecule has 20 heavy (non-hydrogen) atoms. The first-order valence-corrected chi connectivity index (χ1v) is 7.51. The molecular formula is C16H23N3O. The topological polar surface area (TPSA) is 58.4 Å². The van der Waals surface area contributed by atoms with Crippen molar-refractivity contribution in [2.75, 3.05) is 17.3 Å². The Bertz CT molecular complexity index is 528. The number of rotatable bonds is 2. The summed E-state index contributed by atoms with van der Waals surface area (Å²) >= 11 is 0. The molecule has 3 unspecified atom stereocenters. The van der Waals surface area contributed by atoms with E-state index >= 15 is 0 Å². The Kier molecular flexibility index (Phi) is 3.42. The molecule has 0 saturated heterocycles. The molecule has 4 nitrogen and oxygen atoms in total. The lowest BCUT2D eigenvalue weighted by Crippen LogP contribution is -2.39. The van der Waals surface area contributed by atoms with Crippen molar-refractivity contribution in [1.29, 1.82) is 0 Å². The molecule has 0 aromatic heterocycles. The number of carbonyl (C=O) groups is 1. The number of carbonyl (C=O) groups excluding carboxylic acids is 1. The molecule has 3 atom stereocenters. The average molecular weight is 273 g/mol. The number of hydrogen-bond acceptors (Lipinski definition) is 3. The second kappa shape index (κ2) is 5.09. The van der Waals surface area contributed by atoms with Crippen LogP contribution in [0.1, 0.15) is 44.2 Å². The predicted molar refractivity (Wildman–Crippen MR) is 81.8 cm³/mol. The molecule has 1 aromatic rings. The van der Waals surface area contributed by atoms with Crippen LogP contribution >= 0.6 is 0 Å². The molecule has 3 rings (SSSR count). The highest BCUT2D eigenvalue weighted by molar-refractivity contribution is 6.02. The minimum Gasteiger partial charge on any atom is -0.371 e. The van der Waals surface area contributed by atoms with Crippen LogP contribution in [0, 0.1) is 5.92 Å². The van der Waals surface area contributed by atoms with Crippen molar-refractivity contribution in [2.45, 2.75) is 44.7 Å². The summed E-state index contributed by atoms with van der Waals surface area (Å²) in [5.41, 5.74) is 8.80. The first kappa shape index (κ1) is 13.4. The molecule has 4 heteroatoms. The zero-order chi connectivity index (χ0) is 14.3. The van der Waals surface area contributed by atoms with Crippen LogP contribution in [0.4, 0.5) is 11.4 Å². The lowest BCUT2D eigenvalue weighted by molar-refractivity contribution is -0.116. The highest BCUT2D eigenvalue weighted by Gasteiger charge is 2.29. The molecular weight excluding hydrogens is 250 g/mol. The van der Waals surface area contributed by atoms with Crippen molar-refractivity contribution in [3.8, 4) is 0 Å². The van der Waals surface area contributed by atoms with Crippen molar-refractivity contribution in [3.05, 3.63) is 23.8 Å². The largest absolute Gasteiger partial charge is 0.371 e. The van der Waals surface area contributed by atoms with E-state index in [1.165, 1.54) is 25.7 Å². The van der Waals surface area contributed by atoms with Gasteiger partial charge in [-0.15, -0.1) is 0 Å².